The second-order valence-electron chi connectivity index (χ2n) is 7.40. The zero-order chi connectivity index (χ0) is 20.5. The van der Waals surface area contributed by atoms with E-state index in [-0.39, 0.29) is 5.91 Å². The highest BCUT2D eigenvalue weighted by Crippen LogP contribution is 2.29. The van der Waals surface area contributed by atoms with E-state index >= 15 is 0 Å². The fourth-order valence-electron chi connectivity index (χ4n) is 3.84. The number of ether oxygens (including phenoxy) is 1. The van der Waals surface area contributed by atoms with Crippen LogP contribution < -0.4 is 9.64 Å². The van der Waals surface area contributed by atoms with Crippen molar-refractivity contribution in [1.82, 2.24) is 9.97 Å². The molecule has 1 amide bonds. The quantitative estimate of drug-likeness (QED) is 0.505. The molecule has 30 heavy (non-hydrogen) atoms. The summed E-state index contributed by atoms with van der Waals surface area (Å²) in [5.74, 6) is 0.630. The minimum Gasteiger partial charge on any atom is -0.481 e. The second kappa shape index (κ2) is 7.59. The van der Waals surface area contributed by atoms with Gasteiger partial charge in [0.2, 0.25) is 0 Å². The van der Waals surface area contributed by atoms with Gasteiger partial charge >= 0.3 is 0 Å². The summed E-state index contributed by atoms with van der Waals surface area (Å²) in [6.45, 7) is 2.50. The fourth-order valence-corrected chi connectivity index (χ4v) is 3.84. The molecular weight excluding hydrogens is 374 g/mol. The number of amides is 1. The van der Waals surface area contributed by atoms with Crippen molar-refractivity contribution in [3.05, 3.63) is 84.6 Å². The maximum Gasteiger partial charge on any atom is 0.267 e. The predicted molar refractivity (Wildman–Crippen MR) is 118 cm³/mol. The van der Waals surface area contributed by atoms with Crippen molar-refractivity contribution in [2.75, 3.05) is 11.4 Å². The van der Waals surface area contributed by atoms with E-state index in [1.807, 2.05) is 71.6 Å². The van der Waals surface area contributed by atoms with Gasteiger partial charge in [0.1, 0.15) is 5.75 Å². The highest BCUT2D eigenvalue weighted by molar-refractivity contribution is 5.98. The molecular formula is C25H21N3O2. The summed E-state index contributed by atoms with van der Waals surface area (Å²) >= 11 is 0. The molecule has 4 aromatic rings. The van der Waals surface area contributed by atoms with Crippen LogP contribution in [-0.4, -0.2) is 28.5 Å². The lowest BCUT2D eigenvalue weighted by molar-refractivity contribution is -0.124. The van der Waals surface area contributed by atoms with Gasteiger partial charge in [0.05, 0.1) is 22.9 Å². The van der Waals surface area contributed by atoms with E-state index in [2.05, 4.69) is 16.0 Å². The van der Waals surface area contributed by atoms with Crippen molar-refractivity contribution in [3.63, 3.8) is 0 Å². The van der Waals surface area contributed by atoms with Gasteiger partial charge in [-0.05, 0) is 61.4 Å². The molecule has 3 aromatic carbocycles. The van der Waals surface area contributed by atoms with Gasteiger partial charge in [0.15, 0.2) is 6.10 Å². The van der Waals surface area contributed by atoms with Crippen molar-refractivity contribution < 1.29 is 9.53 Å². The highest BCUT2D eigenvalue weighted by Gasteiger charge is 2.28. The van der Waals surface area contributed by atoms with Crippen molar-refractivity contribution in [1.29, 1.82) is 0 Å². The monoisotopic (exact) mass is 395 g/mol. The minimum atomic E-state index is -0.567. The maximum atomic E-state index is 12.9. The molecule has 1 aliphatic rings. The molecule has 5 rings (SSSR count). The van der Waals surface area contributed by atoms with Crippen LogP contribution in [0.2, 0.25) is 0 Å². The molecule has 0 spiro atoms. The van der Waals surface area contributed by atoms with E-state index in [1.54, 1.807) is 13.1 Å². The number of carbonyl (C=O) groups excluding carboxylic acids is 1. The van der Waals surface area contributed by atoms with Gasteiger partial charge < -0.3 is 9.64 Å². The van der Waals surface area contributed by atoms with Crippen LogP contribution in [0, 0.1) is 0 Å². The number of fused-ring (bicyclic) bond motifs is 2. The second-order valence-corrected chi connectivity index (χ2v) is 7.40. The largest absolute Gasteiger partial charge is 0.481 e. The van der Waals surface area contributed by atoms with E-state index < -0.39 is 6.10 Å². The Morgan fingerprint density at radius 3 is 2.53 bits per heavy atom. The van der Waals surface area contributed by atoms with Crippen LogP contribution in [0.5, 0.6) is 5.75 Å². The van der Waals surface area contributed by atoms with Gasteiger partial charge in [-0.3, -0.25) is 9.78 Å². The van der Waals surface area contributed by atoms with Crippen LogP contribution in [0.15, 0.2) is 79.0 Å². The first-order valence-electron chi connectivity index (χ1n) is 10.1. The third kappa shape index (κ3) is 3.39. The highest BCUT2D eigenvalue weighted by atomic mass is 16.5. The number of hydrogen-bond donors (Lipinski definition) is 0. The summed E-state index contributed by atoms with van der Waals surface area (Å²) < 4.78 is 5.94. The summed E-state index contributed by atoms with van der Waals surface area (Å²) in [5, 5.41) is 0. The Balaban J connectivity index is 1.30. The van der Waals surface area contributed by atoms with Crippen LogP contribution in [0.3, 0.4) is 0 Å². The smallest absolute Gasteiger partial charge is 0.267 e. The number of rotatable bonds is 4. The molecule has 148 valence electrons. The predicted octanol–water partition coefficient (Wildman–Crippen LogP) is 4.65. The Kier molecular flexibility index (Phi) is 4.64. The van der Waals surface area contributed by atoms with Crippen molar-refractivity contribution in [2.24, 2.45) is 0 Å². The average Bonchev–Trinajstić information content (AvgIpc) is 3.23. The van der Waals surface area contributed by atoms with Crippen molar-refractivity contribution in [2.45, 2.75) is 19.4 Å². The van der Waals surface area contributed by atoms with E-state index in [0.717, 1.165) is 34.4 Å². The van der Waals surface area contributed by atoms with Crippen LogP contribution in [0.4, 0.5) is 5.69 Å². The molecule has 2 heterocycles. The standard InChI is InChI=1S/C25H21N3O2/c1-17(25(29)28-15-14-19-6-2-5-9-24(19)28)30-20-12-10-18(11-13-20)23-16-26-21-7-3-4-8-22(21)27-23/h2-13,16-17H,14-15H2,1H3/t17-/m0/s1. The first-order valence-corrected chi connectivity index (χ1v) is 10.1. The van der Waals surface area contributed by atoms with Gasteiger partial charge in [-0.1, -0.05) is 30.3 Å². The molecule has 0 radical (unpaired) electrons. The molecule has 0 saturated carbocycles. The van der Waals surface area contributed by atoms with Crippen LogP contribution in [0.25, 0.3) is 22.3 Å². The number of nitrogens with zero attached hydrogens (tertiary/aromatic N) is 3. The molecule has 5 nitrogen and oxygen atoms in total. The molecule has 1 aliphatic heterocycles. The number of anilines is 1. The van der Waals surface area contributed by atoms with Crippen LogP contribution in [-0.2, 0) is 11.2 Å². The van der Waals surface area contributed by atoms with Crippen LogP contribution >= 0.6 is 0 Å². The van der Waals surface area contributed by atoms with E-state index in [9.17, 15) is 4.79 Å². The van der Waals surface area contributed by atoms with Gasteiger partial charge in [0.25, 0.3) is 5.91 Å². The lowest BCUT2D eigenvalue weighted by Gasteiger charge is -2.22. The summed E-state index contributed by atoms with van der Waals surface area (Å²) in [7, 11) is 0. The number of carbonyl (C=O) groups is 1. The van der Waals surface area contributed by atoms with Gasteiger partial charge in [-0.2, -0.15) is 0 Å². The Labute approximate surface area is 175 Å². The molecule has 0 bridgehead atoms. The number of para-hydroxylation sites is 3. The van der Waals surface area contributed by atoms with Crippen molar-refractivity contribution >= 4 is 22.6 Å². The van der Waals surface area contributed by atoms with Gasteiger partial charge in [-0.25, -0.2) is 4.98 Å². The normalized spacial score (nSPS) is 13.8. The Morgan fingerprint density at radius 2 is 1.70 bits per heavy atom. The Hall–Kier alpha value is -3.73. The minimum absolute atomic E-state index is 0.0237. The summed E-state index contributed by atoms with van der Waals surface area (Å²) in [4.78, 5) is 23.9. The first kappa shape index (κ1) is 18.3. The van der Waals surface area contributed by atoms with E-state index in [1.165, 1.54) is 5.56 Å². The van der Waals surface area contributed by atoms with Gasteiger partial charge in [0, 0.05) is 17.8 Å². The molecule has 1 atom stereocenters. The third-order valence-corrected chi connectivity index (χ3v) is 5.41. The molecule has 1 aromatic heterocycles. The summed E-state index contributed by atoms with van der Waals surface area (Å²) in [6, 6.07) is 23.5. The molecule has 0 fully saturated rings. The number of hydrogen-bond acceptors (Lipinski definition) is 4. The zero-order valence-corrected chi connectivity index (χ0v) is 16.7. The summed E-state index contributed by atoms with van der Waals surface area (Å²) in [6.07, 6.45) is 2.09. The number of aromatic nitrogens is 2. The lowest BCUT2D eigenvalue weighted by Crippen LogP contribution is -2.39. The molecule has 0 aliphatic carbocycles. The average molecular weight is 395 g/mol. The zero-order valence-electron chi connectivity index (χ0n) is 16.7. The Bertz CT molecular complexity index is 1220. The fraction of sp³-hybridized carbons (Fsp3) is 0.160. The van der Waals surface area contributed by atoms with E-state index in [0.29, 0.717) is 12.3 Å². The number of benzene rings is 3. The molecule has 5 heteroatoms. The first-order chi connectivity index (χ1) is 14.7. The van der Waals surface area contributed by atoms with Crippen LogP contribution in [0.1, 0.15) is 12.5 Å². The topological polar surface area (TPSA) is 55.3 Å². The molecule has 0 N–H and O–H groups in total. The summed E-state index contributed by atoms with van der Waals surface area (Å²) in [5.41, 5.74) is 5.69. The Morgan fingerprint density at radius 1 is 0.967 bits per heavy atom. The third-order valence-electron chi connectivity index (χ3n) is 5.41. The molecule has 0 unspecified atom stereocenters. The SMILES string of the molecule is C[C@H](Oc1ccc(-c2cnc3ccccc3n2)cc1)C(=O)N1CCc2ccccc21. The molecule has 0 saturated heterocycles. The van der Waals surface area contributed by atoms with Gasteiger partial charge in [-0.15, -0.1) is 0 Å². The van der Waals surface area contributed by atoms with Crippen molar-refractivity contribution in [3.8, 4) is 17.0 Å². The maximum absolute atomic E-state index is 12.9. The van der Waals surface area contributed by atoms with E-state index in [4.69, 9.17) is 4.74 Å². The lowest BCUT2D eigenvalue weighted by atomic mass is 10.1.